The Bertz CT molecular complexity index is 546. The van der Waals surface area contributed by atoms with Gasteiger partial charge in [0.2, 0.25) is 0 Å². The average molecular weight is 330 g/mol. The summed E-state index contributed by atoms with van der Waals surface area (Å²) in [5, 5.41) is 0. The monoisotopic (exact) mass is 330 g/mol. The molecule has 5 nitrogen and oxygen atoms in total. The van der Waals surface area contributed by atoms with Gasteiger partial charge < -0.3 is 18.9 Å². The second kappa shape index (κ2) is 9.70. The molecule has 0 spiro atoms. The van der Waals surface area contributed by atoms with Crippen molar-refractivity contribution in [3.63, 3.8) is 0 Å². The fourth-order valence-corrected chi connectivity index (χ4v) is 2.29. The van der Waals surface area contributed by atoms with Gasteiger partial charge in [-0.15, -0.1) is 0 Å². The van der Waals surface area contributed by atoms with Gasteiger partial charge in [0.1, 0.15) is 0 Å². The molecule has 2 aromatic rings. The lowest BCUT2D eigenvalue weighted by Crippen LogP contribution is -2.21. The van der Waals surface area contributed by atoms with Crippen molar-refractivity contribution in [2.24, 2.45) is 0 Å². The van der Waals surface area contributed by atoms with E-state index in [2.05, 4.69) is 0 Å². The van der Waals surface area contributed by atoms with E-state index in [1.54, 1.807) is 14.2 Å². The molecule has 0 saturated carbocycles. The molecule has 2 rings (SSSR count). The molecule has 2 atom stereocenters. The van der Waals surface area contributed by atoms with Crippen LogP contribution in [0.25, 0.3) is 0 Å². The van der Waals surface area contributed by atoms with E-state index in [0.29, 0.717) is 0 Å². The molecule has 0 fully saturated rings. The van der Waals surface area contributed by atoms with Gasteiger partial charge in [-0.25, -0.2) is 4.79 Å². The standard InChI is InChI=1S/C19H22O5/c1-21-13-17(15-9-5-3-6-10-15)23-19(20)24-18(14-22-2)16-11-7-4-8-12-16/h3-12,17-18H,13-14H2,1-2H3/t17-,18-/m0/s1. The number of methoxy groups -OCH3 is 2. The predicted molar refractivity (Wildman–Crippen MR) is 89.7 cm³/mol. The Morgan fingerprint density at radius 1 is 0.750 bits per heavy atom. The van der Waals surface area contributed by atoms with Gasteiger partial charge in [-0.1, -0.05) is 60.7 Å². The van der Waals surface area contributed by atoms with Crippen LogP contribution >= 0.6 is 0 Å². The van der Waals surface area contributed by atoms with E-state index < -0.39 is 18.4 Å². The van der Waals surface area contributed by atoms with Crippen LogP contribution in [0.3, 0.4) is 0 Å². The lowest BCUT2D eigenvalue weighted by molar-refractivity contribution is -0.0403. The molecule has 0 aliphatic heterocycles. The lowest BCUT2D eigenvalue weighted by atomic mass is 10.1. The molecule has 0 aliphatic rings. The van der Waals surface area contributed by atoms with Crippen LogP contribution in [0.1, 0.15) is 23.3 Å². The van der Waals surface area contributed by atoms with Crippen molar-refractivity contribution >= 4 is 6.16 Å². The van der Waals surface area contributed by atoms with E-state index in [4.69, 9.17) is 18.9 Å². The highest BCUT2D eigenvalue weighted by molar-refractivity contribution is 5.61. The van der Waals surface area contributed by atoms with Crippen molar-refractivity contribution < 1.29 is 23.7 Å². The second-order valence-electron chi connectivity index (χ2n) is 5.20. The van der Waals surface area contributed by atoms with Crippen molar-refractivity contribution in [3.8, 4) is 0 Å². The van der Waals surface area contributed by atoms with E-state index in [-0.39, 0.29) is 13.2 Å². The summed E-state index contributed by atoms with van der Waals surface area (Å²) in [4.78, 5) is 12.2. The second-order valence-corrected chi connectivity index (χ2v) is 5.20. The zero-order chi connectivity index (χ0) is 17.2. The minimum Gasteiger partial charge on any atom is -0.424 e. The summed E-state index contributed by atoms with van der Waals surface area (Å²) in [6.07, 6.45) is -1.81. The number of hydrogen-bond donors (Lipinski definition) is 0. The Morgan fingerprint density at radius 3 is 1.46 bits per heavy atom. The number of carbonyl (C=O) groups excluding carboxylic acids is 1. The van der Waals surface area contributed by atoms with Gasteiger partial charge in [0.05, 0.1) is 13.2 Å². The normalized spacial score (nSPS) is 13.1. The van der Waals surface area contributed by atoms with Crippen molar-refractivity contribution in [2.45, 2.75) is 12.2 Å². The van der Waals surface area contributed by atoms with Gasteiger partial charge in [0.25, 0.3) is 0 Å². The van der Waals surface area contributed by atoms with Crippen molar-refractivity contribution in [3.05, 3.63) is 71.8 Å². The zero-order valence-corrected chi connectivity index (χ0v) is 13.9. The molecule has 2 aromatic carbocycles. The fraction of sp³-hybridized carbons (Fsp3) is 0.316. The molecule has 0 radical (unpaired) electrons. The van der Waals surface area contributed by atoms with Gasteiger partial charge in [-0.3, -0.25) is 0 Å². The summed E-state index contributed by atoms with van der Waals surface area (Å²) in [6, 6.07) is 18.8. The highest BCUT2D eigenvalue weighted by atomic mass is 16.7. The SMILES string of the molecule is COC[C@H](OC(=O)O[C@@H](COC)c1ccccc1)c1ccccc1. The fourth-order valence-electron chi connectivity index (χ4n) is 2.29. The van der Waals surface area contributed by atoms with Crippen LogP contribution in [-0.4, -0.2) is 33.6 Å². The molecule has 0 aliphatic carbocycles. The van der Waals surface area contributed by atoms with Gasteiger partial charge >= 0.3 is 6.16 Å². The Morgan fingerprint density at radius 2 is 1.12 bits per heavy atom. The maximum Gasteiger partial charge on any atom is 0.509 e. The van der Waals surface area contributed by atoms with Crippen LogP contribution in [0.4, 0.5) is 4.79 Å². The van der Waals surface area contributed by atoms with Crippen molar-refractivity contribution in [1.29, 1.82) is 0 Å². The van der Waals surface area contributed by atoms with Crippen LogP contribution in [0.5, 0.6) is 0 Å². The van der Waals surface area contributed by atoms with Crippen LogP contribution in [0, 0.1) is 0 Å². The smallest absolute Gasteiger partial charge is 0.424 e. The maximum atomic E-state index is 12.2. The highest BCUT2D eigenvalue weighted by Crippen LogP contribution is 2.22. The van der Waals surface area contributed by atoms with Crippen LogP contribution < -0.4 is 0 Å². The van der Waals surface area contributed by atoms with Gasteiger partial charge in [0, 0.05) is 14.2 Å². The minimum atomic E-state index is -0.758. The van der Waals surface area contributed by atoms with Crippen molar-refractivity contribution in [1.82, 2.24) is 0 Å². The van der Waals surface area contributed by atoms with Crippen LogP contribution in [0.15, 0.2) is 60.7 Å². The molecular formula is C19H22O5. The molecule has 128 valence electrons. The summed E-state index contributed by atoms with van der Waals surface area (Å²) >= 11 is 0. The van der Waals surface area contributed by atoms with Crippen LogP contribution in [0.2, 0.25) is 0 Å². The number of carbonyl (C=O) groups is 1. The summed E-state index contributed by atoms with van der Waals surface area (Å²) in [7, 11) is 3.12. The first-order chi connectivity index (χ1) is 11.7. The van der Waals surface area contributed by atoms with Gasteiger partial charge in [-0.2, -0.15) is 0 Å². The lowest BCUT2D eigenvalue weighted by Gasteiger charge is -2.21. The number of ether oxygens (including phenoxy) is 4. The molecule has 24 heavy (non-hydrogen) atoms. The number of hydrogen-bond acceptors (Lipinski definition) is 5. The summed E-state index contributed by atoms with van der Waals surface area (Å²) in [5.74, 6) is 0. The first kappa shape index (κ1) is 18.0. The van der Waals surface area contributed by atoms with Crippen LogP contribution in [-0.2, 0) is 18.9 Å². The molecular weight excluding hydrogens is 308 g/mol. The molecule has 0 aromatic heterocycles. The highest BCUT2D eigenvalue weighted by Gasteiger charge is 2.22. The topological polar surface area (TPSA) is 54.0 Å². The number of rotatable bonds is 8. The quantitative estimate of drug-likeness (QED) is 0.687. The van der Waals surface area contributed by atoms with E-state index in [1.807, 2.05) is 60.7 Å². The molecule has 0 unspecified atom stereocenters. The minimum absolute atomic E-state index is 0.249. The molecule has 0 bridgehead atoms. The van der Waals surface area contributed by atoms with Gasteiger partial charge in [0.15, 0.2) is 12.2 Å². The predicted octanol–water partition coefficient (Wildman–Crippen LogP) is 3.92. The average Bonchev–Trinajstić information content (AvgIpc) is 2.62. The van der Waals surface area contributed by atoms with Gasteiger partial charge in [-0.05, 0) is 11.1 Å². The zero-order valence-electron chi connectivity index (χ0n) is 13.9. The molecule has 0 N–H and O–H groups in total. The summed E-state index contributed by atoms with van der Waals surface area (Å²) in [6.45, 7) is 0.499. The molecule has 5 heteroatoms. The molecule has 0 amide bonds. The first-order valence-electron chi connectivity index (χ1n) is 7.69. The van der Waals surface area contributed by atoms with E-state index in [0.717, 1.165) is 11.1 Å². The largest absolute Gasteiger partial charge is 0.509 e. The third kappa shape index (κ3) is 5.37. The van der Waals surface area contributed by atoms with Crippen molar-refractivity contribution in [2.75, 3.05) is 27.4 Å². The maximum absolute atomic E-state index is 12.2. The van der Waals surface area contributed by atoms with E-state index >= 15 is 0 Å². The van der Waals surface area contributed by atoms with E-state index in [1.165, 1.54) is 0 Å². The molecule has 0 saturated heterocycles. The third-order valence-electron chi connectivity index (χ3n) is 3.46. The first-order valence-corrected chi connectivity index (χ1v) is 7.69. The Kier molecular flexibility index (Phi) is 7.26. The number of benzene rings is 2. The Hall–Kier alpha value is -2.37. The summed E-state index contributed by atoms with van der Waals surface area (Å²) < 4.78 is 21.1. The summed E-state index contributed by atoms with van der Waals surface area (Å²) in [5.41, 5.74) is 1.69. The molecule has 0 heterocycles. The third-order valence-corrected chi connectivity index (χ3v) is 3.46. The Labute approximate surface area is 142 Å². The van der Waals surface area contributed by atoms with E-state index in [9.17, 15) is 4.79 Å². The Balaban J connectivity index is 2.03.